The molecule has 0 spiro atoms. The van der Waals surface area contributed by atoms with E-state index in [0.29, 0.717) is 39.6 Å². The Morgan fingerprint density at radius 2 is 1.59 bits per heavy atom. The summed E-state index contributed by atoms with van der Waals surface area (Å²) < 4.78 is 18.8. The topological polar surface area (TPSA) is 91.7 Å². The number of amides is 1. The normalized spacial score (nSPS) is 10.8. The molecule has 0 aliphatic carbocycles. The van der Waals surface area contributed by atoms with Gasteiger partial charge < -0.3 is 24.1 Å². The molecule has 0 aliphatic rings. The van der Waals surface area contributed by atoms with Gasteiger partial charge in [-0.3, -0.25) is 14.6 Å². The van der Waals surface area contributed by atoms with Crippen LogP contribution in [0.3, 0.4) is 0 Å². The van der Waals surface area contributed by atoms with Crippen molar-refractivity contribution in [2.75, 3.05) is 19.5 Å². The van der Waals surface area contributed by atoms with Gasteiger partial charge in [-0.25, -0.2) is 0 Å². The van der Waals surface area contributed by atoms with Crippen LogP contribution in [0.2, 0.25) is 0 Å². The minimum atomic E-state index is -0.468. The average Bonchev–Trinajstić information content (AvgIpc) is 2.93. The van der Waals surface area contributed by atoms with Gasteiger partial charge in [0.1, 0.15) is 17.1 Å². The quantitative estimate of drug-likeness (QED) is 0.247. The number of methoxy groups -OCH3 is 2. The number of halogens is 1. The predicted octanol–water partition coefficient (Wildman–Crippen LogP) is 6.61. The van der Waals surface area contributed by atoms with E-state index in [1.807, 2.05) is 36.6 Å². The first-order valence-corrected chi connectivity index (χ1v) is 12.1. The lowest BCUT2D eigenvalue weighted by Gasteiger charge is -2.16. The number of ether oxygens (including phenoxy) is 3. The van der Waals surface area contributed by atoms with E-state index in [1.54, 1.807) is 75.1 Å². The van der Waals surface area contributed by atoms with Crippen molar-refractivity contribution in [3.05, 3.63) is 94.9 Å². The zero-order chi connectivity index (χ0) is 26.8. The van der Waals surface area contributed by atoms with E-state index in [1.165, 1.54) is 0 Å². The van der Waals surface area contributed by atoms with Crippen LogP contribution in [-0.2, 0) is 0 Å². The lowest BCUT2D eigenvalue weighted by atomic mass is 10.1. The van der Waals surface area contributed by atoms with E-state index in [-0.39, 0.29) is 29.4 Å². The Morgan fingerprint density at radius 1 is 0.897 bits per heavy atom. The average molecular weight is 546 g/mol. The molecule has 0 bridgehead atoms. The zero-order valence-electron chi connectivity index (χ0n) is 21.9. The number of anilines is 1. The molecular weight excluding hydrogens is 518 g/mol. The second-order valence-corrected chi connectivity index (χ2v) is 9.00. The molecule has 0 aliphatic heterocycles. The number of carbonyl (C=O) groups is 1. The van der Waals surface area contributed by atoms with Gasteiger partial charge in [0.2, 0.25) is 5.43 Å². The number of nitrogens with one attached hydrogen (secondary N) is 1. The molecule has 200 valence electrons. The fourth-order valence-electron chi connectivity index (χ4n) is 4.36. The van der Waals surface area contributed by atoms with Crippen LogP contribution in [0.4, 0.5) is 5.69 Å². The van der Waals surface area contributed by atoms with E-state index in [9.17, 15) is 9.59 Å². The Hall–Kier alpha value is -4.56. The lowest BCUT2D eigenvalue weighted by molar-refractivity contribution is 0.102. The summed E-state index contributed by atoms with van der Waals surface area (Å²) in [5.74, 6) is 1.85. The van der Waals surface area contributed by atoms with Gasteiger partial charge in [-0.1, -0.05) is 12.1 Å². The monoisotopic (exact) mass is 545 g/mol. The number of hydrogen-bond acceptors (Lipinski definition) is 6. The molecule has 3 aromatic carbocycles. The molecule has 2 heterocycles. The van der Waals surface area contributed by atoms with Gasteiger partial charge >= 0.3 is 0 Å². The fraction of sp³-hybridized carbons (Fsp3) is 0.167. The Labute approximate surface area is 231 Å². The van der Waals surface area contributed by atoms with Gasteiger partial charge in [0.15, 0.2) is 11.5 Å². The molecule has 0 fully saturated rings. The molecule has 9 heteroatoms. The maximum Gasteiger partial charge on any atom is 0.261 e. The number of pyridine rings is 2. The molecule has 1 N–H and O–H groups in total. The smallest absolute Gasteiger partial charge is 0.261 e. The van der Waals surface area contributed by atoms with Crippen LogP contribution >= 0.6 is 12.4 Å². The van der Waals surface area contributed by atoms with Crippen molar-refractivity contribution in [2.24, 2.45) is 0 Å². The molecule has 0 unspecified atom stereocenters. The second-order valence-electron chi connectivity index (χ2n) is 9.00. The Morgan fingerprint density at radius 3 is 2.28 bits per heavy atom. The SMILES string of the molecule is COc1cc2nccc(Oc3ccc(NC(=O)c4cn(C(C)C)c5ccccc5c4=O)cc3)c2cc1OC.Cl. The van der Waals surface area contributed by atoms with E-state index < -0.39 is 5.91 Å². The van der Waals surface area contributed by atoms with E-state index >= 15 is 0 Å². The van der Waals surface area contributed by atoms with Crippen molar-refractivity contribution in [3.63, 3.8) is 0 Å². The number of carbonyl (C=O) groups excluding carboxylic acids is 1. The van der Waals surface area contributed by atoms with Crippen molar-refractivity contribution in [1.82, 2.24) is 9.55 Å². The second kappa shape index (κ2) is 11.4. The van der Waals surface area contributed by atoms with Crippen LogP contribution in [0, 0.1) is 0 Å². The van der Waals surface area contributed by atoms with Crippen LogP contribution < -0.4 is 25.0 Å². The first-order chi connectivity index (χ1) is 18.4. The van der Waals surface area contributed by atoms with Crippen molar-refractivity contribution >= 4 is 45.8 Å². The third kappa shape index (κ3) is 5.37. The van der Waals surface area contributed by atoms with Crippen LogP contribution in [0.1, 0.15) is 30.2 Å². The molecule has 1 amide bonds. The van der Waals surface area contributed by atoms with Crippen LogP contribution in [0.15, 0.2) is 83.9 Å². The largest absolute Gasteiger partial charge is 0.493 e. The van der Waals surface area contributed by atoms with Crippen molar-refractivity contribution in [1.29, 1.82) is 0 Å². The maximum atomic E-state index is 13.1. The maximum absolute atomic E-state index is 13.1. The molecule has 5 rings (SSSR count). The summed E-state index contributed by atoms with van der Waals surface area (Å²) in [6.07, 6.45) is 3.28. The van der Waals surface area contributed by atoms with Crippen LogP contribution in [0.5, 0.6) is 23.0 Å². The number of hydrogen-bond donors (Lipinski definition) is 1. The summed E-state index contributed by atoms with van der Waals surface area (Å²) in [5.41, 5.74) is 1.82. The highest BCUT2D eigenvalue weighted by atomic mass is 35.5. The van der Waals surface area contributed by atoms with Crippen molar-refractivity contribution in [2.45, 2.75) is 19.9 Å². The highest BCUT2D eigenvalue weighted by Gasteiger charge is 2.17. The molecule has 0 radical (unpaired) electrons. The van der Waals surface area contributed by atoms with E-state index in [4.69, 9.17) is 14.2 Å². The number of fused-ring (bicyclic) bond motifs is 2. The Bertz CT molecular complexity index is 1710. The molecule has 8 nitrogen and oxygen atoms in total. The highest BCUT2D eigenvalue weighted by Crippen LogP contribution is 2.37. The number of para-hydroxylation sites is 1. The number of nitrogens with zero attached hydrogens (tertiary/aromatic N) is 2. The standard InChI is InChI=1S/C30H27N3O5.ClH/c1-18(2)33-17-23(29(34)21-7-5-6-8-25(21)33)30(35)32-19-9-11-20(12-10-19)38-26-13-14-31-24-16-28(37-4)27(36-3)15-22(24)26;/h5-18H,1-4H3,(H,32,35);1H. The van der Waals surface area contributed by atoms with E-state index in [0.717, 1.165) is 10.9 Å². The van der Waals surface area contributed by atoms with Gasteiger partial charge in [-0.2, -0.15) is 0 Å². The first kappa shape index (κ1) is 27.5. The minimum absolute atomic E-state index is 0. The van der Waals surface area contributed by atoms with Gasteiger partial charge in [0.25, 0.3) is 5.91 Å². The number of benzene rings is 3. The van der Waals surface area contributed by atoms with Gasteiger partial charge in [-0.05, 0) is 62.4 Å². The summed E-state index contributed by atoms with van der Waals surface area (Å²) in [5, 5.41) is 4.10. The van der Waals surface area contributed by atoms with Crippen molar-refractivity contribution in [3.8, 4) is 23.0 Å². The zero-order valence-corrected chi connectivity index (χ0v) is 22.7. The summed E-state index contributed by atoms with van der Waals surface area (Å²) in [6.45, 7) is 4.02. The fourth-order valence-corrected chi connectivity index (χ4v) is 4.36. The minimum Gasteiger partial charge on any atom is -0.493 e. The first-order valence-electron chi connectivity index (χ1n) is 12.1. The third-order valence-corrected chi connectivity index (χ3v) is 6.29. The number of rotatable bonds is 7. The summed E-state index contributed by atoms with van der Waals surface area (Å²) in [6, 6.07) is 19.7. The van der Waals surface area contributed by atoms with Gasteiger partial charge in [-0.15, -0.1) is 12.4 Å². The molecule has 0 saturated carbocycles. The molecule has 0 saturated heterocycles. The summed E-state index contributed by atoms with van der Waals surface area (Å²) in [7, 11) is 3.15. The predicted molar refractivity (Wildman–Crippen MR) is 155 cm³/mol. The molecule has 2 aromatic heterocycles. The number of aromatic nitrogens is 2. The molecule has 39 heavy (non-hydrogen) atoms. The molecular formula is C30H28ClN3O5. The van der Waals surface area contributed by atoms with Crippen LogP contribution in [-0.4, -0.2) is 29.7 Å². The van der Waals surface area contributed by atoms with Gasteiger partial charge in [0.05, 0.1) is 25.3 Å². The van der Waals surface area contributed by atoms with Crippen LogP contribution in [0.25, 0.3) is 21.8 Å². The van der Waals surface area contributed by atoms with Gasteiger partial charge in [0, 0.05) is 41.0 Å². The van der Waals surface area contributed by atoms with Crippen molar-refractivity contribution < 1.29 is 19.0 Å². The Kier molecular flexibility index (Phi) is 8.07. The Balaban J connectivity index is 0.00000353. The van der Waals surface area contributed by atoms with E-state index in [2.05, 4.69) is 10.3 Å². The molecule has 0 atom stereocenters. The summed E-state index contributed by atoms with van der Waals surface area (Å²) >= 11 is 0. The lowest BCUT2D eigenvalue weighted by Crippen LogP contribution is -2.24. The summed E-state index contributed by atoms with van der Waals surface area (Å²) in [4.78, 5) is 30.6. The third-order valence-electron chi connectivity index (χ3n) is 6.29. The highest BCUT2D eigenvalue weighted by molar-refractivity contribution is 6.05. The molecule has 5 aromatic rings.